The van der Waals surface area contributed by atoms with E-state index in [-0.39, 0.29) is 42.6 Å². The van der Waals surface area contributed by atoms with Crippen molar-refractivity contribution in [3.8, 4) is 51.7 Å². The van der Waals surface area contributed by atoms with Crippen molar-refractivity contribution in [3.05, 3.63) is 229 Å². The summed E-state index contributed by atoms with van der Waals surface area (Å²) in [5, 5.41) is 0. The van der Waals surface area contributed by atoms with Crippen molar-refractivity contribution in [1.29, 1.82) is 0 Å². The first kappa shape index (κ1) is 52.0. The van der Waals surface area contributed by atoms with Crippen LogP contribution in [0.5, 0.6) is 23.0 Å². The normalized spacial score (nSPS) is 12.5. The molecule has 0 spiro atoms. The molecule has 0 amide bonds. The second-order valence-electron chi connectivity index (χ2n) is 18.4. The predicted octanol–water partition coefficient (Wildman–Crippen LogP) is 14.6. The molecule has 0 saturated carbocycles. The Hall–Kier alpha value is -9.07. The van der Waals surface area contributed by atoms with Gasteiger partial charge in [0.05, 0.1) is 41.6 Å². The third-order valence-electron chi connectivity index (χ3n) is 13.5. The van der Waals surface area contributed by atoms with Crippen LogP contribution in [-0.4, -0.2) is 53.3 Å². The molecule has 0 saturated heterocycles. The van der Waals surface area contributed by atoms with E-state index in [4.69, 9.17) is 24.4 Å². The summed E-state index contributed by atoms with van der Waals surface area (Å²) in [5.41, 5.74) is -0.922. The van der Waals surface area contributed by atoms with Crippen LogP contribution in [0.15, 0.2) is 232 Å². The lowest BCUT2D eigenvalue weighted by Gasteiger charge is -2.38. The van der Waals surface area contributed by atoms with E-state index in [0.29, 0.717) is 58.5 Å². The third kappa shape index (κ3) is 9.43. The molecule has 0 aliphatic rings. The maximum atomic E-state index is 15.1. The van der Waals surface area contributed by atoms with Crippen molar-refractivity contribution >= 4 is 41.7 Å². The van der Waals surface area contributed by atoms with Gasteiger partial charge in [0.15, 0.2) is 11.6 Å². The molecule has 11 aromatic rings. The zero-order valence-corrected chi connectivity index (χ0v) is 43.1. The highest BCUT2D eigenvalue weighted by Gasteiger charge is 2.72. The Morgan fingerprint density at radius 1 is 0.405 bits per heavy atom. The molecule has 0 bridgehead atoms. The van der Waals surface area contributed by atoms with Gasteiger partial charge < -0.3 is 14.0 Å². The van der Waals surface area contributed by atoms with Crippen LogP contribution in [-0.2, 0) is 32.1 Å². The van der Waals surface area contributed by atoms with Gasteiger partial charge in [0, 0.05) is 12.7 Å². The van der Waals surface area contributed by atoms with E-state index >= 15 is 26.3 Å². The highest BCUT2D eigenvalue weighted by atomic mass is 32.2. The molecular formula is C60H41F6N5O6S2. The Labute approximate surface area is 448 Å². The maximum absolute atomic E-state index is 15.1. The standard InChI is InChI=1S/C60H41F6N5O6S2/c1-38-14-30-46(31-15-38)78(72,73)48-34-26-44(27-35-48)76-42-22-16-39(17-23-42)58(59(61,62)63,60(64,65)66)40-18-24-43(25-19-40)77-45-28-36-49(37-29-45)79(74,75)47-32-20-41(21-33-47)71-55-13-6-4-9-51(55)69-57(71)53-11-7-10-52(67-53)56-68-50-8-3-5-12-54(50)70(56)2/h3-37H,1-2H3. The Morgan fingerprint density at radius 2 is 0.772 bits per heavy atom. The second kappa shape index (κ2) is 19.7. The van der Waals surface area contributed by atoms with Crippen LogP contribution in [0.3, 0.4) is 0 Å². The molecule has 11 nitrogen and oxygen atoms in total. The molecule has 19 heteroatoms. The second-order valence-corrected chi connectivity index (χ2v) is 22.3. The molecule has 0 radical (unpaired) electrons. The van der Waals surface area contributed by atoms with E-state index in [1.165, 1.54) is 72.8 Å². The molecule has 0 N–H and O–H groups in total. The Bertz CT molecular complexity index is 4290. The number of fused-ring (bicyclic) bond motifs is 2. The lowest BCUT2D eigenvalue weighted by atomic mass is 9.73. The minimum absolute atomic E-state index is 0.0348. The van der Waals surface area contributed by atoms with Gasteiger partial charge >= 0.3 is 12.4 Å². The number of aryl methyl sites for hydroxylation is 2. The highest BCUT2D eigenvalue weighted by molar-refractivity contribution is 7.91. The van der Waals surface area contributed by atoms with Gasteiger partial charge in [-0.2, -0.15) is 26.3 Å². The number of benzene rings is 8. The summed E-state index contributed by atoms with van der Waals surface area (Å²) >= 11 is 0. The van der Waals surface area contributed by atoms with Crippen LogP contribution in [0.4, 0.5) is 26.3 Å². The third-order valence-corrected chi connectivity index (χ3v) is 17.0. The summed E-state index contributed by atoms with van der Waals surface area (Å²) in [4.78, 5) is 14.6. The topological polar surface area (TPSA) is 135 Å². The molecule has 396 valence electrons. The summed E-state index contributed by atoms with van der Waals surface area (Å²) < 4.78 is 160. The summed E-state index contributed by atoms with van der Waals surface area (Å²) in [6.45, 7) is 1.81. The molecule has 79 heavy (non-hydrogen) atoms. The number of aromatic nitrogens is 5. The van der Waals surface area contributed by atoms with E-state index in [1.54, 1.807) is 24.3 Å². The number of ether oxygens (including phenoxy) is 2. The Kier molecular flexibility index (Phi) is 13.0. The first-order valence-electron chi connectivity index (χ1n) is 24.2. The van der Waals surface area contributed by atoms with Gasteiger partial charge in [0.2, 0.25) is 25.1 Å². The molecule has 0 aliphatic carbocycles. The number of nitrogens with zero attached hydrogens (tertiary/aromatic N) is 5. The van der Waals surface area contributed by atoms with E-state index < -0.39 is 48.6 Å². The molecular weight excluding hydrogens is 1060 g/mol. The Balaban J connectivity index is 0.802. The van der Waals surface area contributed by atoms with E-state index in [1.807, 2.05) is 89.8 Å². The van der Waals surface area contributed by atoms with E-state index in [2.05, 4.69) is 0 Å². The number of sulfone groups is 2. The van der Waals surface area contributed by atoms with Gasteiger partial charge in [-0.1, -0.05) is 72.3 Å². The largest absolute Gasteiger partial charge is 0.457 e. The van der Waals surface area contributed by atoms with Crippen molar-refractivity contribution in [2.75, 3.05) is 0 Å². The quantitative estimate of drug-likeness (QED) is 0.103. The minimum Gasteiger partial charge on any atom is -0.457 e. The summed E-state index contributed by atoms with van der Waals surface area (Å²) in [5.74, 6) is 1.06. The predicted molar refractivity (Wildman–Crippen MR) is 285 cm³/mol. The fraction of sp³-hybridized carbons (Fsp3) is 0.0833. The molecule has 3 aromatic heterocycles. The smallest absolute Gasteiger partial charge is 0.411 e. The van der Waals surface area contributed by atoms with Crippen LogP contribution in [0.25, 0.3) is 50.8 Å². The summed E-state index contributed by atoms with van der Waals surface area (Å²) in [6, 6.07) is 50.2. The van der Waals surface area contributed by atoms with Crippen LogP contribution < -0.4 is 9.47 Å². The zero-order valence-electron chi connectivity index (χ0n) is 41.5. The van der Waals surface area contributed by atoms with Gasteiger partial charge in [0.1, 0.15) is 34.4 Å². The van der Waals surface area contributed by atoms with Crippen LogP contribution in [0.1, 0.15) is 16.7 Å². The maximum Gasteiger partial charge on any atom is 0.411 e. The number of hydrogen-bond donors (Lipinski definition) is 0. The van der Waals surface area contributed by atoms with Gasteiger partial charge in [-0.05, 0) is 164 Å². The number of imidazole rings is 2. The van der Waals surface area contributed by atoms with Gasteiger partial charge in [-0.3, -0.25) is 4.57 Å². The average Bonchev–Trinajstić information content (AvgIpc) is 4.12. The van der Waals surface area contributed by atoms with Gasteiger partial charge in [-0.25, -0.2) is 31.8 Å². The number of hydrogen-bond acceptors (Lipinski definition) is 9. The molecule has 0 fully saturated rings. The lowest BCUT2D eigenvalue weighted by Crippen LogP contribution is -2.54. The summed E-state index contributed by atoms with van der Waals surface area (Å²) in [6.07, 6.45) is -11.8. The van der Waals surface area contributed by atoms with E-state index in [0.717, 1.165) is 46.4 Å². The first-order valence-corrected chi connectivity index (χ1v) is 27.1. The number of halogens is 6. The van der Waals surface area contributed by atoms with Gasteiger partial charge in [-0.15, -0.1) is 0 Å². The van der Waals surface area contributed by atoms with Crippen molar-refractivity contribution in [2.45, 2.75) is 44.3 Å². The van der Waals surface area contributed by atoms with Crippen molar-refractivity contribution in [1.82, 2.24) is 24.1 Å². The fourth-order valence-corrected chi connectivity index (χ4v) is 12.0. The lowest BCUT2D eigenvalue weighted by molar-refractivity contribution is -0.288. The monoisotopic (exact) mass is 1110 g/mol. The van der Waals surface area contributed by atoms with Crippen molar-refractivity contribution < 1.29 is 52.7 Å². The molecule has 0 unspecified atom stereocenters. The summed E-state index contributed by atoms with van der Waals surface area (Å²) in [7, 11) is -6.08. The van der Waals surface area contributed by atoms with E-state index in [9.17, 15) is 16.8 Å². The number of rotatable bonds is 13. The molecule has 8 aromatic carbocycles. The first-order chi connectivity index (χ1) is 37.7. The van der Waals surface area contributed by atoms with Crippen LogP contribution in [0.2, 0.25) is 0 Å². The number of alkyl halides is 6. The Morgan fingerprint density at radius 3 is 1.22 bits per heavy atom. The van der Waals surface area contributed by atoms with Gasteiger partial charge in [0.25, 0.3) is 0 Å². The zero-order chi connectivity index (χ0) is 55.5. The fourth-order valence-electron chi connectivity index (χ4n) is 9.46. The highest BCUT2D eigenvalue weighted by Crippen LogP contribution is 2.56. The SMILES string of the molecule is Cc1ccc(S(=O)(=O)c2ccc(Oc3ccc(C(c4ccc(Oc5ccc(S(=O)(=O)c6ccc(-n7c(-c8cccc(-c9nc%10ccccc%10n9C)n8)nc8ccccc87)cc6)cc5)cc4)(C(F)(F)F)C(F)(F)F)cc3)cc2)cc1. The molecule has 3 heterocycles. The average molecular weight is 1110 g/mol. The van der Waals surface area contributed by atoms with Crippen LogP contribution >= 0.6 is 0 Å². The number of pyridine rings is 1. The van der Waals surface area contributed by atoms with Crippen molar-refractivity contribution in [2.24, 2.45) is 7.05 Å². The van der Waals surface area contributed by atoms with Crippen LogP contribution in [0, 0.1) is 6.92 Å². The molecule has 0 aliphatic heterocycles. The number of para-hydroxylation sites is 4. The van der Waals surface area contributed by atoms with Crippen molar-refractivity contribution in [3.63, 3.8) is 0 Å². The minimum atomic E-state index is -5.89. The molecule has 0 atom stereocenters. The molecule has 11 rings (SSSR count).